The van der Waals surface area contributed by atoms with Crippen LogP contribution in [0.3, 0.4) is 0 Å². The van der Waals surface area contributed by atoms with E-state index in [1.165, 1.54) is 13.8 Å². The molecule has 2 aromatic rings. The van der Waals surface area contributed by atoms with Gasteiger partial charge in [0.15, 0.2) is 0 Å². The van der Waals surface area contributed by atoms with Crippen LogP contribution >= 0.6 is 7.60 Å². The SMILES string of the molecule is CCOP(=O)(OCC)[C@H](F)C[C@H](NC(=O)OCC1c2ccccc2-c2ccccc21)C(=O)O. The van der Waals surface area contributed by atoms with Crippen LogP contribution in [-0.2, 0) is 23.1 Å². The van der Waals surface area contributed by atoms with E-state index in [1.807, 2.05) is 48.5 Å². The Kier molecular flexibility index (Phi) is 8.24. The number of halogens is 1. The van der Waals surface area contributed by atoms with Crippen molar-refractivity contribution in [3.63, 3.8) is 0 Å². The van der Waals surface area contributed by atoms with Crippen LogP contribution in [0.4, 0.5) is 9.18 Å². The van der Waals surface area contributed by atoms with E-state index in [2.05, 4.69) is 5.32 Å². The number of carboxylic acid groups (broad SMARTS) is 1. The number of carbonyl (C=O) groups excluding carboxylic acids is 1. The van der Waals surface area contributed by atoms with Gasteiger partial charge in [0, 0.05) is 12.3 Å². The van der Waals surface area contributed by atoms with Crippen molar-refractivity contribution in [1.82, 2.24) is 5.32 Å². The quantitative estimate of drug-likeness (QED) is 0.440. The minimum atomic E-state index is -4.18. The predicted molar refractivity (Wildman–Crippen MR) is 120 cm³/mol. The second kappa shape index (κ2) is 10.9. The number of rotatable bonds is 11. The molecule has 10 heteroatoms. The van der Waals surface area contributed by atoms with Gasteiger partial charge in [0.2, 0.25) is 5.91 Å². The smallest absolute Gasteiger partial charge is 0.407 e. The van der Waals surface area contributed by atoms with E-state index in [0.717, 1.165) is 22.3 Å². The molecule has 2 aromatic carbocycles. The highest BCUT2D eigenvalue weighted by atomic mass is 31.2. The maximum Gasteiger partial charge on any atom is 0.407 e. The van der Waals surface area contributed by atoms with Crippen LogP contribution in [0, 0.1) is 0 Å². The fourth-order valence-electron chi connectivity index (χ4n) is 3.89. The maximum absolute atomic E-state index is 14.7. The van der Waals surface area contributed by atoms with Crippen molar-refractivity contribution >= 4 is 19.7 Å². The first-order valence-corrected chi connectivity index (χ1v) is 12.3. The summed E-state index contributed by atoms with van der Waals surface area (Å²) in [7, 11) is -4.18. The number of fused-ring (bicyclic) bond motifs is 3. The number of nitrogens with one attached hydrogen (secondary N) is 1. The van der Waals surface area contributed by atoms with Crippen molar-refractivity contribution in [3.8, 4) is 11.1 Å². The molecule has 0 spiro atoms. The minimum absolute atomic E-state index is 0.0262. The van der Waals surface area contributed by atoms with Gasteiger partial charge in [-0.1, -0.05) is 48.5 Å². The summed E-state index contributed by atoms with van der Waals surface area (Å²) in [6.07, 6.45) is -1.81. The van der Waals surface area contributed by atoms with Crippen molar-refractivity contribution in [2.75, 3.05) is 19.8 Å². The Labute approximate surface area is 191 Å². The molecule has 0 aromatic heterocycles. The molecule has 8 nitrogen and oxygen atoms in total. The van der Waals surface area contributed by atoms with Gasteiger partial charge < -0.3 is 24.2 Å². The molecule has 0 radical (unpaired) electrons. The van der Waals surface area contributed by atoms with E-state index < -0.39 is 38.0 Å². The van der Waals surface area contributed by atoms with Crippen molar-refractivity contribution in [2.45, 2.75) is 38.1 Å². The van der Waals surface area contributed by atoms with Crippen LogP contribution in [0.2, 0.25) is 0 Å². The average molecular weight is 479 g/mol. The monoisotopic (exact) mass is 479 g/mol. The van der Waals surface area contributed by atoms with E-state index in [4.69, 9.17) is 13.8 Å². The Bertz CT molecular complexity index is 991. The standard InChI is InChI=1S/C23H27FNO7P/c1-3-31-33(29,32-4-2)21(24)13-20(22(26)27)25-23(28)30-14-19-17-11-7-5-9-15(17)16-10-6-8-12-18(16)19/h5-12,19-21H,3-4,13-14H2,1-2H3,(H,25,28)(H,26,27)/t20-,21-/m0/s1. The molecular formula is C23H27FNO7P. The zero-order valence-electron chi connectivity index (χ0n) is 18.4. The first-order valence-electron chi connectivity index (χ1n) is 10.7. The van der Waals surface area contributed by atoms with E-state index in [1.54, 1.807) is 0 Å². The summed E-state index contributed by atoms with van der Waals surface area (Å²) in [6.45, 7) is 2.86. The van der Waals surface area contributed by atoms with Gasteiger partial charge in [0.25, 0.3) is 0 Å². The van der Waals surface area contributed by atoms with Crippen LogP contribution in [0.15, 0.2) is 48.5 Å². The summed E-state index contributed by atoms with van der Waals surface area (Å²) in [5, 5.41) is 11.6. The van der Waals surface area contributed by atoms with Crippen molar-refractivity contribution in [2.24, 2.45) is 0 Å². The molecule has 0 bridgehead atoms. The van der Waals surface area contributed by atoms with Gasteiger partial charge in [-0.25, -0.2) is 14.0 Å². The van der Waals surface area contributed by atoms with Crippen LogP contribution < -0.4 is 5.32 Å². The molecule has 0 fully saturated rings. The third-order valence-corrected chi connectivity index (χ3v) is 7.46. The van der Waals surface area contributed by atoms with Gasteiger partial charge in [0.05, 0.1) is 13.2 Å². The molecule has 1 aliphatic rings. The Morgan fingerprint density at radius 3 is 2.03 bits per heavy atom. The Balaban J connectivity index is 1.65. The number of ether oxygens (including phenoxy) is 1. The molecular weight excluding hydrogens is 452 g/mol. The zero-order chi connectivity index (χ0) is 24.0. The number of aliphatic carboxylic acids is 1. The van der Waals surface area contributed by atoms with Crippen molar-refractivity contribution < 1.29 is 37.4 Å². The fourth-order valence-corrected chi connectivity index (χ4v) is 5.47. The molecule has 0 unspecified atom stereocenters. The summed E-state index contributed by atoms with van der Waals surface area (Å²) < 4.78 is 42.4. The first-order chi connectivity index (χ1) is 15.8. The number of alkyl halides is 1. The number of hydrogen-bond donors (Lipinski definition) is 2. The number of hydrogen-bond acceptors (Lipinski definition) is 6. The van der Waals surface area contributed by atoms with E-state index >= 15 is 0 Å². The Morgan fingerprint density at radius 1 is 1.03 bits per heavy atom. The molecule has 2 atom stereocenters. The number of benzene rings is 2. The third kappa shape index (κ3) is 5.61. The van der Waals surface area contributed by atoms with Crippen molar-refractivity contribution in [1.29, 1.82) is 0 Å². The Hall–Kier alpha value is -2.74. The van der Waals surface area contributed by atoms with Gasteiger partial charge in [-0.2, -0.15) is 0 Å². The summed E-state index contributed by atoms with van der Waals surface area (Å²) in [5.74, 6) is -3.94. The van der Waals surface area contributed by atoms with Crippen LogP contribution in [0.1, 0.15) is 37.3 Å². The molecule has 1 amide bonds. The lowest BCUT2D eigenvalue weighted by Gasteiger charge is -2.23. The minimum Gasteiger partial charge on any atom is -0.480 e. The third-order valence-electron chi connectivity index (χ3n) is 5.33. The molecule has 1 aliphatic carbocycles. The highest BCUT2D eigenvalue weighted by Gasteiger charge is 2.40. The van der Waals surface area contributed by atoms with Gasteiger partial charge in [-0.3, -0.25) is 4.57 Å². The molecule has 0 heterocycles. The lowest BCUT2D eigenvalue weighted by molar-refractivity contribution is -0.139. The number of amides is 1. The summed E-state index contributed by atoms with van der Waals surface area (Å²) in [6, 6.07) is 13.9. The molecule has 0 saturated heterocycles. The molecule has 3 rings (SSSR count). The van der Waals surface area contributed by atoms with Gasteiger partial charge >= 0.3 is 19.7 Å². The van der Waals surface area contributed by atoms with Crippen molar-refractivity contribution in [3.05, 3.63) is 59.7 Å². The second-order valence-corrected chi connectivity index (χ2v) is 9.56. The van der Waals surface area contributed by atoms with E-state index in [-0.39, 0.29) is 25.7 Å². The molecule has 178 valence electrons. The largest absolute Gasteiger partial charge is 0.480 e. The normalized spacial score (nSPS) is 14.8. The van der Waals surface area contributed by atoms with Crippen LogP contribution in [-0.4, -0.2) is 48.9 Å². The maximum atomic E-state index is 14.7. The van der Waals surface area contributed by atoms with Crippen LogP contribution in [0.25, 0.3) is 11.1 Å². The highest BCUT2D eigenvalue weighted by molar-refractivity contribution is 7.54. The lowest BCUT2D eigenvalue weighted by Crippen LogP contribution is -2.43. The van der Waals surface area contributed by atoms with Gasteiger partial charge in [0.1, 0.15) is 12.6 Å². The number of carbonyl (C=O) groups is 2. The van der Waals surface area contributed by atoms with E-state index in [0.29, 0.717) is 0 Å². The first kappa shape index (κ1) is 24.9. The molecule has 33 heavy (non-hydrogen) atoms. The Morgan fingerprint density at radius 2 is 1.55 bits per heavy atom. The second-order valence-electron chi connectivity index (χ2n) is 7.41. The predicted octanol–water partition coefficient (Wildman–Crippen LogP) is 4.93. The topological polar surface area (TPSA) is 111 Å². The lowest BCUT2D eigenvalue weighted by atomic mass is 9.98. The average Bonchev–Trinajstić information content (AvgIpc) is 3.11. The fraction of sp³-hybridized carbons (Fsp3) is 0.391. The number of alkyl carbamates (subject to hydrolysis) is 1. The summed E-state index contributed by atoms with van der Waals surface area (Å²) >= 11 is 0. The van der Waals surface area contributed by atoms with Crippen LogP contribution in [0.5, 0.6) is 0 Å². The summed E-state index contributed by atoms with van der Waals surface area (Å²) in [5.41, 5.74) is 4.10. The van der Waals surface area contributed by atoms with Gasteiger partial charge in [-0.05, 0) is 36.1 Å². The summed E-state index contributed by atoms with van der Waals surface area (Å²) in [4.78, 5) is 24.0. The molecule has 0 aliphatic heterocycles. The number of carboxylic acids is 1. The molecule has 0 saturated carbocycles. The highest BCUT2D eigenvalue weighted by Crippen LogP contribution is 2.55. The molecule has 2 N–H and O–H groups in total. The zero-order valence-corrected chi connectivity index (χ0v) is 19.3. The van der Waals surface area contributed by atoms with E-state index in [9.17, 15) is 23.7 Å². The van der Waals surface area contributed by atoms with Gasteiger partial charge in [-0.15, -0.1) is 0 Å².